The summed E-state index contributed by atoms with van der Waals surface area (Å²) in [5, 5.41) is 7.62. The lowest BCUT2D eigenvalue weighted by molar-refractivity contribution is 0.0531. The molecular weight excluding hydrogens is 302 g/mol. The minimum atomic E-state index is -0.364. The SMILES string of the molecule is CCOC(=O)c1sc(NC(=O)c2cc(C)n(CC)n2)cc1C. The predicted molar refractivity (Wildman–Crippen MR) is 85.6 cm³/mol. The van der Waals surface area contributed by atoms with Crippen molar-refractivity contribution in [1.29, 1.82) is 0 Å². The monoisotopic (exact) mass is 321 g/mol. The summed E-state index contributed by atoms with van der Waals surface area (Å²) in [5.74, 6) is -0.649. The van der Waals surface area contributed by atoms with Gasteiger partial charge < -0.3 is 10.1 Å². The summed E-state index contributed by atoms with van der Waals surface area (Å²) >= 11 is 1.21. The second kappa shape index (κ2) is 6.74. The number of nitrogens with one attached hydrogen (secondary N) is 1. The van der Waals surface area contributed by atoms with E-state index in [0.717, 1.165) is 11.3 Å². The zero-order valence-electron chi connectivity index (χ0n) is 13.1. The second-order valence-corrected chi connectivity index (χ2v) is 5.84. The summed E-state index contributed by atoms with van der Waals surface area (Å²) in [6.45, 7) is 8.48. The molecule has 0 saturated carbocycles. The number of carbonyl (C=O) groups excluding carboxylic acids is 2. The number of nitrogens with zero attached hydrogens (tertiary/aromatic N) is 2. The standard InChI is InChI=1S/C15H19N3O3S/c1-5-18-10(4)8-11(17-18)14(19)16-12-7-9(3)13(22-12)15(20)21-6-2/h7-8H,5-6H2,1-4H3,(H,16,19). The Kier molecular flexibility index (Phi) is 4.97. The van der Waals surface area contributed by atoms with Gasteiger partial charge in [0.05, 0.1) is 11.6 Å². The minimum absolute atomic E-state index is 0.285. The quantitative estimate of drug-likeness (QED) is 0.859. The number of hydrogen-bond acceptors (Lipinski definition) is 5. The third-order valence-electron chi connectivity index (χ3n) is 3.13. The van der Waals surface area contributed by atoms with Gasteiger partial charge in [-0.3, -0.25) is 9.48 Å². The molecule has 2 rings (SSSR count). The highest BCUT2D eigenvalue weighted by Gasteiger charge is 2.17. The van der Waals surface area contributed by atoms with Crippen molar-refractivity contribution in [3.8, 4) is 0 Å². The topological polar surface area (TPSA) is 73.2 Å². The molecule has 0 aromatic carbocycles. The van der Waals surface area contributed by atoms with Crippen molar-refractivity contribution in [3.05, 3.63) is 34.0 Å². The van der Waals surface area contributed by atoms with Gasteiger partial charge in [0.15, 0.2) is 5.69 Å². The normalized spacial score (nSPS) is 10.5. The number of esters is 1. The van der Waals surface area contributed by atoms with Crippen molar-refractivity contribution in [3.63, 3.8) is 0 Å². The number of thiophene rings is 1. The maximum atomic E-state index is 12.2. The first kappa shape index (κ1) is 16.2. The van der Waals surface area contributed by atoms with Crippen LogP contribution in [-0.4, -0.2) is 28.3 Å². The highest BCUT2D eigenvalue weighted by molar-refractivity contribution is 7.18. The molecule has 0 bridgehead atoms. The van der Waals surface area contributed by atoms with Gasteiger partial charge in [0.1, 0.15) is 4.88 Å². The number of aromatic nitrogens is 2. The number of carbonyl (C=O) groups is 2. The molecule has 118 valence electrons. The molecule has 0 atom stereocenters. The number of ether oxygens (including phenoxy) is 1. The molecule has 0 aliphatic heterocycles. The largest absolute Gasteiger partial charge is 0.462 e. The van der Waals surface area contributed by atoms with Crippen LogP contribution < -0.4 is 5.32 Å². The molecule has 2 aromatic rings. The number of hydrogen-bond donors (Lipinski definition) is 1. The molecule has 0 fully saturated rings. The summed E-state index contributed by atoms with van der Waals surface area (Å²) < 4.78 is 6.75. The molecule has 0 radical (unpaired) electrons. The Morgan fingerprint density at radius 3 is 2.64 bits per heavy atom. The summed E-state index contributed by atoms with van der Waals surface area (Å²) in [4.78, 5) is 24.5. The highest BCUT2D eigenvalue weighted by Crippen LogP contribution is 2.27. The van der Waals surface area contributed by atoms with Crippen LogP contribution in [0.3, 0.4) is 0 Å². The van der Waals surface area contributed by atoms with Crippen LogP contribution in [0.4, 0.5) is 5.00 Å². The third-order valence-corrected chi connectivity index (χ3v) is 4.26. The Labute approximate surface area is 133 Å². The van der Waals surface area contributed by atoms with Crippen molar-refractivity contribution in [2.45, 2.75) is 34.2 Å². The molecule has 0 spiro atoms. The van der Waals surface area contributed by atoms with Gasteiger partial charge in [0, 0.05) is 12.2 Å². The first-order valence-corrected chi connectivity index (χ1v) is 7.91. The number of aryl methyl sites for hydroxylation is 3. The van der Waals surface area contributed by atoms with Crippen LogP contribution in [0.2, 0.25) is 0 Å². The van der Waals surface area contributed by atoms with E-state index in [0.29, 0.717) is 28.7 Å². The fourth-order valence-corrected chi connectivity index (χ4v) is 3.02. The van der Waals surface area contributed by atoms with E-state index in [-0.39, 0.29) is 11.9 Å². The molecular formula is C15H19N3O3S. The van der Waals surface area contributed by atoms with Gasteiger partial charge in [-0.05, 0) is 45.4 Å². The maximum Gasteiger partial charge on any atom is 0.348 e. The van der Waals surface area contributed by atoms with Crippen LogP contribution in [0.5, 0.6) is 0 Å². The van der Waals surface area contributed by atoms with Gasteiger partial charge >= 0.3 is 5.97 Å². The minimum Gasteiger partial charge on any atom is -0.462 e. The fraction of sp³-hybridized carbons (Fsp3) is 0.400. The molecule has 1 N–H and O–H groups in total. The smallest absolute Gasteiger partial charge is 0.348 e. The van der Waals surface area contributed by atoms with Crippen molar-refractivity contribution >= 4 is 28.2 Å². The van der Waals surface area contributed by atoms with Crippen LogP contribution in [0.25, 0.3) is 0 Å². The van der Waals surface area contributed by atoms with E-state index in [1.807, 2.05) is 20.8 Å². The van der Waals surface area contributed by atoms with Gasteiger partial charge in [-0.1, -0.05) is 0 Å². The average Bonchev–Trinajstić information content (AvgIpc) is 3.02. The van der Waals surface area contributed by atoms with Gasteiger partial charge in [-0.2, -0.15) is 5.10 Å². The van der Waals surface area contributed by atoms with Crippen LogP contribution >= 0.6 is 11.3 Å². The predicted octanol–water partition coefficient (Wildman–Crippen LogP) is 3.01. The van der Waals surface area contributed by atoms with E-state index in [1.54, 1.807) is 23.7 Å². The van der Waals surface area contributed by atoms with E-state index in [9.17, 15) is 9.59 Å². The summed E-state index contributed by atoms with van der Waals surface area (Å²) in [6, 6.07) is 3.50. The molecule has 7 heteroatoms. The zero-order chi connectivity index (χ0) is 16.3. The van der Waals surface area contributed by atoms with Crippen LogP contribution in [0.1, 0.15) is 45.3 Å². The van der Waals surface area contributed by atoms with Crippen molar-refractivity contribution in [2.24, 2.45) is 0 Å². The molecule has 0 unspecified atom stereocenters. The third kappa shape index (κ3) is 3.36. The Morgan fingerprint density at radius 2 is 2.05 bits per heavy atom. The second-order valence-electron chi connectivity index (χ2n) is 4.78. The number of amides is 1. The molecule has 22 heavy (non-hydrogen) atoms. The van der Waals surface area contributed by atoms with Crippen molar-refractivity contribution < 1.29 is 14.3 Å². The number of rotatable bonds is 5. The van der Waals surface area contributed by atoms with Crippen LogP contribution in [0.15, 0.2) is 12.1 Å². The van der Waals surface area contributed by atoms with E-state index in [1.165, 1.54) is 11.3 Å². The molecule has 0 aliphatic carbocycles. The first-order valence-electron chi connectivity index (χ1n) is 7.09. The Hall–Kier alpha value is -2.15. The molecule has 2 heterocycles. The number of anilines is 1. The fourth-order valence-electron chi connectivity index (χ4n) is 2.06. The Balaban J connectivity index is 2.14. The van der Waals surface area contributed by atoms with Crippen molar-refractivity contribution in [2.75, 3.05) is 11.9 Å². The average molecular weight is 321 g/mol. The van der Waals surface area contributed by atoms with Crippen LogP contribution in [-0.2, 0) is 11.3 Å². The zero-order valence-corrected chi connectivity index (χ0v) is 13.9. The lowest BCUT2D eigenvalue weighted by Crippen LogP contribution is -2.12. The lowest BCUT2D eigenvalue weighted by Gasteiger charge is -2.00. The molecule has 6 nitrogen and oxygen atoms in total. The Morgan fingerprint density at radius 1 is 1.32 bits per heavy atom. The van der Waals surface area contributed by atoms with Crippen LogP contribution in [0, 0.1) is 13.8 Å². The molecule has 2 aromatic heterocycles. The Bertz CT molecular complexity index is 703. The van der Waals surface area contributed by atoms with Gasteiger partial charge in [0.2, 0.25) is 0 Å². The van der Waals surface area contributed by atoms with Crippen molar-refractivity contribution in [1.82, 2.24) is 9.78 Å². The van der Waals surface area contributed by atoms with Gasteiger partial charge in [-0.25, -0.2) is 4.79 Å². The van der Waals surface area contributed by atoms with Gasteiger partial charge in [0.25, 0.3) is 5.91 Å². The first-order chi connectivity index (χ1) is 10.5. The van der Waals surface area contributed by atoms with E-state index < -0.39 is 0 Å². The summed E-state index contributed by atoms with van der Waals surface area (Å²) in [5.41, 5.74) is 2.08. The van der Waals surface area contributed by atoms with E-state index >= 15 is 0 Å². The highest BCUT2D eigenvalue weighted by atomic mass is 32.1. The van der Waals surface area contributed by atoms with Gasteiger partial charge in [-0.15, -0.1) is 11.3 Å². The summed E-state index contributed by atoms with van der Waals surface area (Å²) in [6.07, 6.45) is 0. The van der Waals surface area contributed by atoms with E-state index in [2.05, 4.69) is 10.4 Å². The lowest BCUT2D eigenvalue weighted by atomic mass is 10.3. The summed E-state index contributed by atoms with van der Waals surface area (Å²) in [7, 11) is 0. The molecule has 1 amide bonds. The maximum absolute atomic E-state index is 12.2. The van der Waals surface area contributed by atoms with E-state index in [4.69, 9.17) is 4.74 Å². The molecule has 0 aliphatic rings. The molecule has 0 saturated heterocycles.